The number of morpholine rings is 1. The second-order valence-electron chi connectivity index (χ2n) is 7.73. The van der Waals surface area contributed by atoms with E-state index in [1.165, 1.54) is 0 Å². The highest BCUT2D eigenvalue weighted by Crippen LogP contribution is 2.37. The van der Waals surface area contributed by atoms with Crippen LogP contribution in [-0.4, -0.2) is 57.0 Å². The third-order valence-corrected chi connectivity index (χ3v) is 5.90. The van der Waals surface area contributed by atoms with Crippen LogP contribution in [0.2, 0.25) is 0 Å². The molecule has 1 atom stereocenters. The van der Waals surface area contributed by atoms with Crippen molar-refractivity contribution in [3.8, 4) is 22.6 Å². The van der Waals surface area contributed by atoms with E-state index in [9.17, 15) is 0 Å². The van der Waals surface area contributed by atoms with Gasteiger partial charge in [-0.15, -0.1) is 0 Å². The van der Waals surface area contributed by atoms with Gasteiger partial charge in [-0.3, -0.25) is 10.4 Å². The largest absolute Gasteiger partial charge is 0.497 e. The lowest BCUT2D eigenvalue weighted by Gasteiger charge is -2.29. The molecule has 0 aliphatic carbocycles. The Morgan fingerprint density at radius 1 is 1.06 bits per heavy atom. The molecule has 162 valence electrons. The van der Waals surface area contributed by atoms with Crippen LogP contribution in [0.1, 0.15) is 18.2 Å². The molecular formula is C23H27N5O3. The van der Waals surface area contributed by atoms with Crippen LogP contribution in [0.5, 0.6) is 11.5 Å². The molecule has 0 bridgehead atoms. The molecule has 2 aliphatic heterocycles. The van der Waals surface area contributed by atoms with Crippen molar-refractivity contribution in [2.75, 3.05) is 52.0 Å². The van der Waals surface area contributed by atoms with Crippen molar-refractivity contribution in [3.05, 3.63) is 42.2 Å². The molecule has 3 aromatic rings. The number of hydrogen-bond acceptors (Lipinski definition) is 8. The van der Waals surface area contributed by atoms with Gasteiger partial charge in [-0.1, -0.05) is 0 Å². The fourth-order valence-corrected chi connectivity index (χ4v) is 4.26. The van der Waals surface area contributed by atoms with Crippen LogP contribution in [0.25, 0.3) is 22.0 Å². The number of ether oxygens (including phenoxy) is 3. The van der Waals surface area contributed by atoms with Gasteiger partial charge in [0.1, 0.15) is 17.3 Å². The molecule has 0 amide bonds. The van der Waals surface area contributed by atoms with Gasteiger partial charge in [-0.25, -0.2) is 10.4 Å². The molecule has 2 aliphatic rings. The fraction of sp³-hybridized carbons (Fsp3) is 0.391. The first kappa shape index (κ1) is 20.0. The summed E-state index contributed by atoms with van der Waals surface area (Å²) in [7, 11) is 3.34. The van der Waals surface area contributed by atoms with Crippen LogP contribution in [-0.2, 0) is 4.74 Å². The number of pyridine rings is 2. The second kappa shape index (κ2) is 8.66. The number of rotatable bonds is 5. The Kier molecular flexibility index (Phi) is 5.59. The van der Waals surface area contributed by atoms with E-state index < -0.39 is 0 Å². The van der Waals surface area contributed by atoms with Gasteiger partial charge in [-0.2, -0.15) is 0 Å². The summed E-state index contributed by atoms with van der Waals surface area (Å²) < 4.78 is 16.6. The van der Waals surface area contributed by atoms with Gasteiger partial charge in [0.25, 0.3) is 0 Å². The normalized spacial score (nSPS) is 19.0. The molecule has 8 heteroatoms. The monoisotopic (exact) mass is 421 g/mol. The first-order valence-electron chi connectivity index (χ1n) is 10.6. The molecule has 2 saturated heterocycles. The molecule has 0 saturated carbocycles. The molecular weight excluding hydrogens is 394 g/mol. The number of aromatic nitrogens is 2. The molecule has 1 aromatic carbocycles. The van der Waals surface area contributed by atoms with E-state index >= 15 is 0 Å². The lowest BCUT2D eigenvalue weighted by atomic mass is 9.98. The summed E-state index contributed by atoms with van der Waals surface area (Å²) in [6.07, 6.45) is 2.84. The van der Waals surface area contributed by atoms with E-state index in [2.05, 4.69) is 21.8 Å². The number of anilines is 1. The van der Waals surface area contributed by atoms with Crippen LogP contribution in [0.3, 0.4) is 0 Å². The van der Waals surface area contributed by atoms with Gasteiger partial charge in [-0.05, 0) is 41.8 Å². The Hall–Kier alpha value is -2.94. The maximum atomic E-state index is 5.56. The number of nitrogens with one attached hydrogen (secondary N) is 2. The Morgan fingerprint density at radius 2 is 1.84 bits per heavy atom. The Labute approximate surface area is 181 Å². The van der Waals surface area contributed by atoms with Gasteiger partial charge < -0.3 is 19.1 Å². The summed E-state index contributed by atoms with van der Waals surface area (Å²) in [4.78, 5) is 12.1. The van der Waals surface area contributed by atoms with Crippen LogP contribution in [0, 0.1) is 0 Å². The van der Waals surface area contributed by atoms with Crippen molar-refractivity contribution in [1.29, 1.82) is 0 Å². The fourth-order valence-electron chi connectivity index (χ4n) is 4.26. The zero-order chi connectivity index (χ0) is 21.2. The quantitative estimate of drug-likeness (QED) is 0.651. The van der Waals surface area contributed by atoms with Crippen molar-refractivity contribution < 1.29 is 14.2 Å². The topological polar surface area (TPSA) is 80.8 Å². The molecule has 2 N–H and O–H groups in total. The van der Waals surface area contributed by atoms with E-state index in [4.69, 9.17) is 24.2 Å². The number of methoxy groups -OCH3 is 2. The Balaban J connectivity index is 1.73. The van der Waals surface area contributed by atoms with E-state index in [0.717, 1.165) is 71.1 Å². The van der Waals surface area contributed by atoms with E-state index in [-0.39, 0.29) is 6.04 Å². The summed E-state index contributed by atoms with van der Waals surface area (Å²) in [5.41, 5.74) is 10.5. The van der Waals surface area contributed by atoms with Crippen molar-refractivity contribution in [3.63, 3.8) is 0 Å². The van der Waals surface area contributed by atoms with Gasteiger partial charge in [0.05, 0.1) is 44.7 Å². The van der Waals surface area contributed by atoms with Crippen LogP contribution in [0.4, 0.5) is 5.82 Å². The zero-order valence-electron chi connectivity index (χ0n) is 17.9. The first-order valence-corrected chi connectivity index (χ1v) is 10.6. The molecule has 2 aromatic heterocycles. The third-order valence-electron chi connectivity index (χ3n) is 5.90. The van der Waals surface area contributed by atoms with E-state index in [1.807, 2.05) is 30.5 Å². The number of hydrazine groups is 1. The number of nitrogens with zero attached hydrogens (tertiary/aromatic N) is 3. The SMILES string of the molecule is COc1cc(OC)cc(-c2cc(N3CCOCC3)nc3c(C4CCNN4)nccc23)c1. The van der Waals surface area contributed by atoms with Crippen LogP contribution < -0.4 is 25.2 Å². The summed E-state index contributed by atoms with van der Waals surface area (Å²) in [5.74, 6) is 2.44. The van der Waals surface area contributed by atoms with Gasteiger partial charge in [0, 0.05) is 37.3 Å². The van der Waals surface area contributed by atoms with Gasteiger partial charge in [0.15, 0.2) is 0 Å². The van der Waals surface area contributed by atoms with E-state index in [1.54, 1.807) is 14.2 Å². The highest BCUT2D eigenvalue weighted by Gasteiger charge is 2.24. The minimum atomic E-state index is 0.129. The third kappa shape index (κ3) is 3.89. The Bertz CT molecular complexity index is 1060. The van der Waals surface area contributed by atoms with Crippen LogP contribution >= 0.6 is 0 Å². The molecule has 1 unspecified atom stereocenters. The molecule has 0 spiro atoms. The maximum absolute atomic E-state index is 5.56. The Morgan fingerprint density at radius 3 is 2.52 bits per heavy atom. The van der Waals surface area contributed by atoms with Crippen molar-refractivity contribution >= 4 is 16.7 Å². The molecule has 5 rings (SSSR count). The highest BCUT2D eigenvalue weighted by atomic mass is 16.5. The molecule has 4 heterocycles. The summed E-state index contributed by atoms with van der Waals surface area (Å²) >= 11 is 0. The zero-order valence-corrected chi connectivity index (χ0v) is 17.9. The predicted molar refractivity (Wildman–Crippen MR) is 120 cm³/mol. The maximum Gasteiger partial charge on any atom is 0.130 e. The average molecular weight is 422 g/mol. The predicted octanol–water partition coefficient (Wildman–Crippen LogP) is 2.69. The van der Waals surface area contributed by atoms with E-state index in [0.29, 0.717) is 13.2 Å². The van der Waals surface area contributed by atoms with Gasteiger partial charge in [0.2, 0.25) is 0 Å². The molecule has 8 nitrogen and oxygen atoms in total. The minimum absolute atomic E-state index is 0.129. The molecule has 2 fully saturated rings. The van der Waals surface area contributed by atoms with Crippen LogP contribution in [0.15, 0.2) is 36.5 Å². The smallest absolute Gasteiger partial charge is 0.130 e. The van der Waals surface area contributed by atoms with Crippen molar-refractivity contribution in [2.24, 2.45) is 0 Å². The molecule has 31 heavy (non-hydrogen) atoms. The first-order chi connectivity index (χ1) is 15.3. The van der Waals surface area contributed by atoms with Crippen molar-refractivity contribution in [1.82, 2.24) is 20.8 Å². The number of benzene rings is 1. The summed E-state index contributed by atoms with van der Waals surface area (Å²) in [6.45, 7) is 3.95. The standard InChI is InChI=1S/C23H27N5O3/c1-29-16-11-15(12-17(13-16)30-2)19-14-21(28-7-9-31-10-8-28)26-22-18(19)3-5-24-23(22)20-4-6-25-27-20/h3,5,11-14,20,25,27H,4,6-10H2,1-2H3. The lowest BCUT2D eigenvalue weighted by Crippen LogP contribution is -2.36. The summed E-state index contributed by atoms with van der Waals surface area (Å²) in [6, 6.07) is 10.3. The number of fused-ring (bicyclic) bond motifs is 1. The lowest BCUT2D eigenvalue weighted by molar-refractivity contribution is 0.122. The van der Waals surface area contributed by atoms with Crippen molar-refractivity contribution in [2.45, 2.75) is 12.5 Å². The van der Waals surface area contributed by atoms with Gasteiger partial charge >= 0.3 is 0 Å². The summed E-state index contributed by atoms with van der Waals surface area (Å²) in [5, 5.41) is 1.06. The molecule has 0 radical (unpaired) electrons. The number of hydrogen-bond donors (Lipinski definition) is 2. The second-order valence-corrected chi connectivity index (χ2v) is 7.73. The minimum Gasteiger partial charge on any atom is -0.497 e. The average Bonchev–Trinajstić information content (AvgIpc) is 3.38. The highest BCUT2D eigenvalue weighted by molar-refractivity contribution is 5.97.